The van der Waals surface area contributed by atoms with Crippen molar-refractivity contribution in [2.45, 2.75) is 13.8 Å². The minimum atomic E-state index is 1.10. The number of benzene rings is 7. The van der Waals surface area contributed by atoms with Crippen LogP contribution in [0.4, 0.5) is 17.1 Å². The molecule has 0 fully saturated rings. The molecule has 0 radical (unpaired) electrons. The summed E-state index contributed by atoms with van der Waals surface area (Å²) in [5.74, 6) is 0. The molecule has 1 nitrogen and oxygen atoms in total. The first-order valence-corrected chi connectivity index (χ1v) is 17.5. The molecule has 0 saturated carbocycles. The second-order valence-electron chi connectivity index (χ2n) is 12.8. The molecule has 1 heteroatoms. The van der Waals surface area contributed by atoms with Crippen LogP contribution >= 0.6 is 0 Å². The first kappa shape index (κ1) is 33.1. The molecule has 0 heterocycles. The van der Waals surface area contributed by atoms with Crippen LogP contribution in [0.25, 0.3) is 23.3 Å². The number of rotatable bonds is 10. The summed E-state index contributed by atoms with van der Waals surface area (Å²) in [6.07, 6.45) is 8.83. The van der Waals surface area contributed by atoms with E-state index in [1.807, 2.05) is 0 Å². The molecule has 0 unspecified atom stereocenters. The number of hydrogen-bond acceptors (Lipinski definition) is 1. The number of hydrogen-bond donors (Lipinski definition) is 0. The highest BCUT2D eigenvalue weighted by atomic mass is 15.1. The summed E-state index contributed by atoms with van der Waals surface area (Å²) < 4.78 is 0. The van der Waals surface area contributed by atoms with Gasteiger partial charge in [-0.15, -0.1) is 0 Å². The molecule has 7 rings (SSSR count). The van der Waals surface area contributed by atoms with Crippen molar-refractivity contribution < 1.29 is 0 Å². The Kier molecular flexibility index (Phi) is 10.3. The van der Waals surface area contributed by atoms with Gasteiger partial charge in [-0.05, 0) is 101 Å². The van der Waals surface area contributed by atoms with E-state index in [1.165, 1.54) is 44.5 Å². The zero-order valence-electron chi connectivity index (χ0n) is 29.2. The SMILES string of the molecule is Cc1ccc(C(=CC=Cc2ccc(N(c3ccccc3)c3ccc(C=C(c4ccccc4)c4ccccc4)cc3)cc2)c2ccc(C)cc2)cc1. The number of anilines is 3. The first-order valence-electron chi connectivity index (χ1n) is 17.5. The summed E-state index contributed by atoms with van der Waals surface area (Å²) in [6, 6.07) is 66.9. The van der Waals surface area contributed by atoms with Crippen LogP contribution in [0.3, 0.4) is 0 Å². The second kappa shape index (κ2) is 15.8. The molecule has 0 spiro atoms. The van der Waals surface area contributed by atoms with Crippen molar-refractivity contribution in [3.05, 3.63) is 245 Å². The third-order valence-electron chi connectivity index (χ3n) is 9.07. The molecule has 0 aromatic heterocycles. The van der Waals surface area contributed by atoms with Crippen molar-refractivity contribution in [2.75, 3.05) is 4.90 Å². The van der Waals surface area contributed by atoms with Gasteiger partial charge in [0.25, 0.3) is 0 Å². The van der Waals surface area contributed by atoms with Gasteiger partial charge in [-0.2, -0.15) is 0 Å². The molecular formula is C50H41N. The summed E-state index contributed by atoms with van der Waals surface area (Å²) in [5.41, 5.74) is 15.4. The third-order valence-corrected chi connectivity index (χ3v) is 9.07. The van der Waals surface area contributed by atoms with E-state index in [4.69, 9.17) is 0 Å². The van der Waals surface area contributed by atoms with Gasteiger partial charge in [0.05, 0.1) is 0 Å². The number of allylic oxidation sites excluding steroid dienone is 2. The third kappa shape index (κ3) is 8.24. The largest absolute Gasteiger partial charge is 0.311 e. The molecule has 0 saturated heterocycles. The molecule has 0 aliphatic carbocycles. The van der Waals surface area contributed by atoms with E-state index in [-0.39, 0.29) is 0 Å². The van der Waals surface area contributed by atoms with Crippen LogP contribution in [0, 0.1) is 13.8 Å². The fourth-order valence-electron chi connectivity index (χ4n) is 6.29. The van der Waals surface area contributed by atoms with Crippen LogP contribution in [-0.2, 0) is 0 Å². The molecule has 0 N–H and O–H groups in total. The van der Waals surface area contributed by atoms with E-state index in [0.29, 0.717) is 0 Å². The van der Waals surface area contributed by atoms with E-state index in [0.717, 1.165) is 28.2 Å². The Balaban J connectivity index is 1.17. The molecular weight excluding hydrogens is 615 g/mol. The summed E-state index contributed by atoms with van der Waals surface area (Å²) in [4.78, 5) is 2.31. The summed E-state index contributed by atoms with van der Waals surface area (Å²) >= 11 is 0. The van der Waals surface area contributed by atoms with Crippen molar-refractivity contribution in [1.29, 1.82) is 0 Å². The van der Waals surface area contributed by atoms with Crippen molar-refractivity contribution in [1.82, 2.24) is 0 Å². The minimum Gasteiger partial charge on any atom is -0.311 e. The molecule has 51 heavy (non-hydrogen) atoms. The van der Waals surface area contributed by atoms with Gasteiger partial charge in [-0.3, -0.25) is 0 Å². The topological polar surface area (TPSA) is 3.24 Å². The fourth-order valence-corrected chi connectivity index (χ4v) is 6.29. The highest BCUT2D eigenvalue weighted by molar-refractivity contribution is 5.92. The summed E-state index contributed by atoms with van der Waals surface area (Å²) in [5, 5.41) is 0. The minimum absolute atomic E-state index is 1.10. The van der Waals surface area contributed by atoms with Crippen LogP contribution in [0.5, 0.6) is 0 Å². The Hall–Kier alpha value is -6.44. The smallest absolute Gasteiger partial charge is 0.0462 e. The van der Waals surface area contributed by atoms with E-state index < -0.39 is 0 Å². The van der Waals surface area contributed by atoms with E-state index >= 15 is 0 Å². The lowest BCUT2D eigenvalue weighted by Gasteiger charge is -2.25. The summed E-state index contributed by atoms with van der Waals surface area (Å²) in [7, 11) is 0. The molecule has 0 amide bonds. The van der Waals surface area contributed by atoms with Gasteiger partial charge in [0, 0.05) is 17.1 Å². The second-order valence-corrected chi connectivity index (χ2v) is 12.8. The van der Waals surface area contributed by atoms with E-state index in [1.54, 1.807) is 0 Å². The number of nitrogens with zero attached hydrogens (tertiary/aromatic N) is 1. The van der Waals surface area contributed by atoms with Crippen LogP contribution in [-0.4, -0.2) is 0 Å². The van der Waals surface area contributed by atoms with Crippen molar-refractivity contribution in [3.8, 4) is 0 Å². The van der Waals surface area contributed by atoms with Gasteiger partial charge in [0.1, 0.15) is 0 Å². The quantitative estimate of drug-likeness (QED) is 0.105. The van der Waals surface area contributed by atoms with E-state index in [9.17, 15) is 0 Å². The molecule has 0 bridgehead atoms. The Bertz CT molecular complexity index is 2150. The van der Waals surface area contributed by atoms with Gasteiger partial charge in [-0.25, -0.2) is 0 Å². The molecule has 7 aromatic carbocycles. The zero-order valence-corrected chi connectivity index (χ0v) is 29.2. The van der Waals surface area contributed by atoms with Crippen molar-refractivity contribution >= 4 is 40.4 Å². The van der Waals surface area contributed by atoms with Gasteiger partial charge in [0.2, 0.25) is 0 Å². The van der Waals surface area contributed by atoms with Gasteiger partial charge in [0.15, 0.2) is 0 Å². The van der Waals surface area contributed by atoms with Crippen LogP contribution in [0.2, 0.25) is 0 Å². The lowest BCUT2D eigenvalue weighted by atomic mass is 9.95. The maximum Gasteiger partial charge on any atom is 0.0462 e. The van der Waals surface area contributed by atoms with Crippen LogP contribution in [0.15, 0.2) is 200 Å². The molecule has 0 atom stereocenters. The Morgan fingerprint density at radius 1 is 0.373 bits per heavy atom. The highest BCUT2D eigenvalue weighted by Crippen LogP contribution is 2.35. The molecule has 246 valence electrons. The highest BCUT2D eigenvalue weighted by Gasteiger charge is 2.13. The maximum atomic E-state index is 2.31. The Labute approximate surface area is 302 Å². The van der Waals surface area contributed by atoms with Crippen LogP contribution < -0.4 is 4.90 Å². The lowest BCUT2D eigenvalue weighted by Crippen LogP contribution is -2.09. The van der Waals surface area contributed by atoms with Gasteiger partial charge in [-0.1, -0.05) is 181 Å². The van der Waals surface area contributed by atoms with Crippen molar-refractivity contribution in [3.63, 3.8) is 0 Å². The molecule has 0 aliphatic rings. The molecule has 0 aliphatic heterocycles. The monoisotopic (exact) mass is 655 g/mol. The normalized spacial score (nSPS) is 10.9. The maximum absolute atomic E-state index is 2.31. The van der Waals surface area contributed by atoms with E-state index in [2.05, 4.69) is 231 Å². The number of para-hydroxylation sites is 1. The standard InChI is InChI=1S/C50H41N/c1-38-21-29-44(30-22-38)49(45-31-23-39(2)24-32-45)20-12-13-40-25-33-47(34-26-40)51(46-18-10-5-11-19-46)48-35-27-41(28-36-48)37-50(42-14-6-3-7-15-42)43-16-8-4-9-17-43/h3-37H,1-2H3. The predicted molar refractivity (Wildman–Crippen MR) is 219 cm³/mol. The lowest BCUT2D eigenvalue weighted by molar-refractivity contribution is 1.28. The van der Waals surface area contributed by atoms with Gasteiger partial charge >= 0.3 is 0 Å². The fraction of sp³-hybridized carbons (Fsp3) is 0.0400. The van der Waals surface area contributed by atoms with Crippen LogP contribution in [0.1, 0.15) is 44.5 Å². The Morgan fingerprint density at radius 2 is 0.765 bits per heavy atom. The summed E-state index contributed by atoms with van der Waals surface area (Å²) in [6.45, 7) is 4.26. The average Bonchev–Trinajstić information content (AvgIpc) is 3.19. The van der Waals surface area contributed by atoms with Crippen molar-refractivity contribution in [2.24, 2.45) is 0 Å². The average molecular weight is 656 g/mol. The predicted octanol–water partition coefficient (Wildman–Crippen LogP) is 13.5. The number of aryl methyl sites for hydroxylation is 2. The first-order chi connectivity index (χ1) is 25.1. The zero-order chi connectivity index (χ0) is 34.8. The molecule has 7 aromatic rings. The van der Waals surface area contributed by atoms with Gasteiger partial charge < -0.3 is 4.90 Å². The Morgan fingerprint density at radius 3 is 1.24 bits per heavy atom.